The Morgan fingerprint density at radius 3 is 2.77 bits per heavy atom. The zero-order chi connectivity index (χ0) is 15.9. The first-order chi connectivity index (χ1) is 10.4. The second-order valence-electron chi connectivity index (χ2n) is 5.14. The van der Waals surface area contributed by atoms with Crippen molar-refractivity contribution < 1.29 is 18.3 Å². The molecule has 0 aromatic carbocycles. The Bertz CT molecular complexity index is 744. The summed E-state index contributed by atoms with van der Waals surface area (Å²) in [7, 11) is 0. The first kappa shape index (κ1) is 14.6. The highest BCUT2D eigenvalue weighted by Crippen LogP contribution is 2.45. The van der Waals surface area contributed by atoms with E-state index in [0.29, 0.717) is 19.4 Å². The SMILES string of the molecule is N#Cc1c(C(F)(F)F)c(-c2cccnc2)n2c1C(O)CCC2. The predicted octanol–water partition coefficient (Wildman–Crippen LogP) is 3.27. The Hall–Kier alpha value is -2.33. The summed E-state index contributed by atoms with van der Waals surface area (Å²) >= 11 is 0. The lowest BCUT2D eigenvalue weighted by molar-refractivity contribution is -0.137. The molecule has 2 aromatic heterocycles. The van der Waals surface area contributed by atoms with Crippen LogP contribution in [-0.2, 0) is 12.7 Å². The van der Waals surface area contributed by atoms with E-state index in [4.69, 9.17) is 0 Å². The van der Waals surface area contributed by atoms with Gasteiger partial charge < -0.3 is 9.67 Å². The van der Waals surface area contributed by atoms with Crippen molar-refractivity contribution in [3.05, 3.63) is 41.3 Å². The average molecular weight is 307 g/mol. The number of alkyl halides is 3. The molecule has 1 aliphatic heterocycles. The van der Waals surface area contributed by atoms with Crippen LogP contribution in [0, 0.1) is 11.3 Å². The van der Waals surface area contributed by atoms with Crippen molar-refractivity contribution in [2.24, 2.45) is 0 Å². The monoisotopic (exact) mass is 307 g/mol. The fraction of sp³-hybridized carbons (Fsp3) is 0.333. The number of rotatable bonds is 1. The van der Waals surface area contributed by atoms with E-state index >= 15 is 0 Å². The van der Waals surface area contributed by atoms with Crippen LogP contribution in [0.25, 0.3) is 11.3 Å². The lowest BCUT2D eigenvalue weighted by atomic mass is 10.0. The number of fused-ring (bicyclic) bond motifs is 1. The first-order valence-corrected chi connectivity index (χ1v) is 6.77. The molecule has 1 N–H and O–H groups in total. The number of hydrogen-bond acceptors (Lipinski definition) is 3. The van der Waals surface area contributed by atoms with E-state index < -0.39 is 23.4 Å². The molecule has 1 aliphatic rings. The number of halogens is 3. The zero-order valence-electron chi connectivity index (χ0n) is 11.4. The lowest BCUT2D eigenvalue weighted by Crippen LogP contribution is -2.16. The zero-order valence-corrected chi connectivity index (χ0v) is 11.4. The Labute approximate surface area is 124 Å². The number of pyridine rings is 1. The van der Waals surface area contributed by atoms with Gasteiger partial charge >= 0.3 is 6.18 Å². The van der Waals surface area contributed by atoms with Crippen molar-refractivity contribution in [1.82, 2.24) is 9.55 Å². The Morgan fingerprint density at radius 1 is 1.41 bits per heavy atom. The summed E-state index contributed by atoms with van der Waals surface area (Å²) in [5.74, 6) is 0. The summed E-state index contributed by atoms with van der Waals surface area (Å²) in [6.45, 7) is 0.335. The second-order valence-corrected chi connectivity index (χ2v) is 5.14. The van der Waals surface area contributed by atoms with Gasteiger partial charge in [0.15, 0.2) is 0 Å². The van der Waals surface area contributed by atoms with Gasteiger partial charge in [-0.15, -0.1) is 0 Å². The molecular weight excluding hydrogens is 295 g/mol. The van der Waals surface area contributed by atoms with Gasteiger partial charge in [-0.2, -0.15) is 18.4 Å². The van der Waals surface area contributed by atoms with Crippen LogP contribution in [-0.4, -0.2) is 14.7 Å². The van der Waals surface area contributed by atoms with Gasteiger partial charge in [-0.05, 0) is 25.0 Å². The number of aliphatic hydroxyl groups is 1. The van der Waals surface area contributed by atoms with Crippen molar-refractivity contribution >= 4 is 0 Å². The molecule has 0 bridgehead atoms. The van der Waals surface area contributed by atoms with Crippen LogP contribution in [0.2, 0.25) is 0 Å². The third-order valence-corrected chi connectivity index (χ3v) is 3.81. The van der Waals surface area contributed by atoms with Crippen molar-refractivity contribution in [1.29, 1.82) is 5.26 Å². The van der Waals surface area contributed by atoms with Crippen LogP contribution in [0.1, 0.15) is 35.8 Å². The summed E-state index contributed by atoms with van der Waals surface area (Å²) in [6.07, 6.45) is -2.03. The van der Waals surface area contributed by atoms with Crippen LogP contribution in [0.15, 0.2) is 24.5 Å². The topological polar surface area (TPSA) is 61.8 Å². The third kappa shape index (κ3) is 2.16. The van der Waals surface area contributed by atoms with Gasteiger partial charge in [0.2, 0.25) is 0 Å². The van der Waals surface area contributed by atoms with E-state index in [9.17, 15) is 23.5 Å². The van der Waals surface area contributed by atoms with Crippen molar-refractivity contribution in [2.45, 2.75) is 31.7 Å². The fourth-order valence-corrected chi connectivity index (χ4v) is 2.99. The molecule has 22 heavy (non-hydrogen) atoms. The molecule has 3 heterocycles. The normalized spacial score (nSPS) is 17.9. The number of hydrogen-bond donors (Lipinski definition) is 1. The molecule has 114 valence electrons. The standard InChI is InChI=1S/C15H12F3N3O/c16-15(17,18)12-10(7-19)14-11(22)4-2-6-21(14)13(12)9-3-1-5-20-8-9/h1,3,5,8,11,22H,2,4,6H2. The molecule has 0 spiro atoms. The number of nitriles is 1. The molecule has 4 nitrogen and oxygen atoms in total. The molecule has 0 aliphatic carbocycles. The molecule has 7 heteroatoms. The van der Waals surface area contributed by atoms with Gasteiger partial charge in [0.1, 0.15) is 6.07 Å². The minimum absolute atomic E-state index is 0.0555. The fourth-order valence-electron chi connectivity index (χ4n) is 2.99. The van der Waals surface area contributed by atoms with Gasteiger partial charge in [0.05, 0.1) is 28.6 Å². The molecule has 0 saturated heterocycles. The smallest absolute Gasteiger partial charge is 0.387 e. The van der Waals surface area contributed by atoms with Gasteiger partial charge in [0.25, 0.3) is 0 Å². The highest BCUT2D eigenvalue weighted by molar-refractivity contribution is 5.70. The van der Waals surface area contributed by atoms with Crippen LogP contribution in [0.4, 0.5) is 13.2 Å². The van der Waals surface area contributed by atoms with E-state index in [2.05, 4.69) is 4.98 Å². The summed E-state index contributed by atoms with van der Waals surface area (Å²) in [5, 5.41) is 19.3. The van der Waals surface area contributed by atoms with Crippen molar-refractivity contribution in [3.63, 3.8) is 0 Å². The number of nitrogens with zero attached hydrogens (tertiary/aromatic N) is 3. The maximum atomic E-state index is 13.5. The van der Waals surface area contributed by atoms with Gasteiger partial charge in [0, 0.05) is 24.5 Å². The predicted molar refractivity (Wildman–Crippen MR) is 71.6 cm³/mol. The molecule has 0 fully saturated rings. The van der Waals surface area contributed by atoms with E-state index in [1.165, 1.54) is 23.0 Å². The summed E-state index contributed by atoms with van der Waals surface area (Å²) in [4.78, 5) is 3.86. The quantitative estimate of drug-likeness (QED) is 0.879. The highest BCUT2D eigenvalue weighted by atomic mass is 19.4. The van der Waals surface area contributed by atoms with Crippen LogP contribution in [0.5, 0.6) is 0 Å². The molecular formula is C15H12F3N3O. The van der Waals surface area contributed by atoms with Crippen LogP contribution in [0.3, 0.4) is 0 Å². The number of aromatic nitrogens is 2. The largest absolute Gasteiger partial charge is 0.419 e. The average Bonchev–Trinajstić information content (AvgIpc) is 2.84. The van der Waals surface area contributed by atoms with Gasteiger partial charge in [-0.25, -0.2) is 0 Å². The van der Waals surface area contributed by atoms with Gasteiger partial charge in [-0.3, -0.25) is 4.98 Å². The molecule has 3 rings (SSSR count). The first-order valence-electron chi connectivity index (χ1n) is 6.77. The van der Waals surface area contributed by atoms with Gasteiger partial charge in [-0.1, -0.05) is 0 Å². The number of aliphatic hydroxyl groups excluding tert-OH is 1. The van der Waals surface area contributed by atoms with Crippen molar-refractivity contribution in [3.8, 4) is 17.3 Å². The summed E-state index contributed by atoms with van der Waals surface area (Å²) < 4.78 is 42.0. The molecule has 0 radical (unpaired) electrons. The Kier molecular flexibility index (Phi) is 3.41. The van der Waals surface area contributed by atoms with Crippen LogP contribution >= 0.6 is 0 Å². The minimum atomic E-state index is -4.68. The minimum Gasteiger partial charge on any atom is -0.387 e. The van der Waals surface area contributed by atoms with Crippen molar-refractivity contribution in [2.75, 3.05) is 0 Å². The summed E-state index contributed by atoms with van der Waals surface area (Å²) in [5.41, 5.74) is -1.23. The molecule has 0 amide bonds. The third-order valence-electron chi connectivity index (χ3n) is 3.81. The Morgan fingerprint density at radius 2 is 2.18 bits per heavy atom. The molecule has 0 saturated carbocycles. The van der Waals surface area contributed by atoms with Crippen LogP contribution < -0.4 is 0 Å². The summed E-state index contributed by atoms with van der Waals surface area (Å²) in [6, 6.07) is 4.69. The lowest BCUT2D eigenvalue weighted by Gasteiger charge is -2.22. The molecule has 1 atom stereocenters. The van der Waals surface area contributed by atoms with E-state index in [1.54, 1.807) is 12.1 Å². The van der Waals surface area contributed by atoms with E-state index in [-0.39, 0.29) is 17.0 Å². The maximum Gasteiger partial charge on any atom is 0.419 e. The molecule has 1 unspecified atom stereocenters. The van der Waals surface area contributed by atoms with E-state index in [0.717, 1.165) is 0 Å². The maximum absolute atomic E-state index is 13.5. The Balaban J connectivity index is 2.40. The van der Waals surface area contributed by atoms with E-state index in [1.807, 2.05) is 0 Å². The highest BCUT2D eigenvalue weighted by Gasteiger charge is 2.43. The second kappa shape index (κ2) is 5.14. The molecule has 2 aromatic rings.